The largest absolute Gasteiger partial charge is 0.484 e. The van der Waals surface area contributed by atoms with Gasteiger partial charge >= 0.3 is 0 Å². The van der Waals surface area contributed by atoms with Crippen molar-refractivity contribution < 1.29 is 4.74 Å². The van der Waals surface area contributed by atoms with Crippen LogP contribution in [0.15, 0.2) is 17.5 Å². The quantitative estimate of drug-likeness (QED) is 0.582. The van der Waals surface area contributed by atoms with Crippen LogP contribution in [0.5, 0.6) is 5.06 Å². The van der Waals surface area contributed by atoms with Crippen molar-refractivity contribution in [3.63, 3.8) is 0 Å². The highest BCUT2D eigenvalue weighted by atomic mass is 32.1. The van der Waals surface area contributed by atoms with Crippen LogP contribution in [0, 0.1) is 5.92 Å². The van der Waals surface area contributed by atoms with Crippen molar-refractivity contribution in [1.29, 1.82) is 0 Å². The summed E-state index contributed by atoms with van der Waals surface area (Å²) >= 11 is 1.67. The first-order valence-corrected chi connectivity index (χ1v) is 6.87. The molecule has 0 aliphatic rings. The summed E-state index contributed by atoms with van der Waals surface area (Å²) in [6.45, 7) is 5.48. The van der Waals surface area contributed by atoms with E-state index < -0.39 is 0 Å². The molecule has 0 aliphatic heterocycles. The Bertz CT molecular complexity index is 231. The van der Waals surface area contributed by atoms with Gasteiger partial charge in [-0.1, -0.05) is 39.5 Å². The summed E-state index contributed by atoms with van der Waals surface area (Å²) in [6.07, 6.45) is 6.52. The minimum Gasteiger partial charge on any atom is -0.484 e. The van der Waals surface area contributed by atoms with Crippen molar-refractivity contribution >= 4 is 11.3 Å². The highest BCUT2D eigenvalue weighted by Crippen LogP contribution is 2.18. The van der Waals surface area contributed by atoms with Gasteiger partial charge in [-0.2, -0.15) is 0 Å². The molecule has 0 aliphatic carbocycles. The molecule has 2 heteroatoms. The molecule has 86 valence electrons. The second kappa shape index (κ2) is 7.75. The lowest BCUT2D eigenvalue weighted by Gasteiger charge is -2.07. The molecular formula is C13H22OS. The molecule has 1 aromatic heterocycles. The predicted molar refractivity (Wildman–Crippen MR) is 67.7 cm³/mol. The molecular weight excluding hydrogens is 204 g/mol. The van der Waals surface area contributed by atoms with E-state index >= 15 is 0 Å². The molecule has 0 N–H and O–H groups in total. The molecule has 0 spiro atoms. The second-order valence-corrected chi connectivity index (χ2v) is 5.05. The molecule has 1 heterocycles. The molecule has 1 unspecified atom stereocenters. The molecule has 1 nitrogen and oxygen atoms in total. The Morgan fingerprint density at radius 2 is 2.20 bits per heavy atom. The van der Waals surface area contributed by atoms with Crippen LogP contribution >= 0.6 is 11.3 Å². The summed E-state index contributed by atoms with van der Waals surface area (Å²) in [6, 6.07) is 4.06. The zero-order chi connectivity index (χ0) is 10.9. The minimum absolute atomic E-state index is 0.876. The van der Waals surface area contributed by atoms with E-state index in [1.54, 1.807) is 11.3 Å². The van der Waals surface area contributed by atoms with Gasteiger partial charge in [0.25, 0.3) is 0 Å². The number of unbranched alkanes of at least 4 members (excludes halogenated alkanes) is 2. The normalized spacial score (nSPS) is 12.7. The zero-order valence-corrected chi connectivity index (χ0v) is 10.7. The van der Waals surface area contributed by atoms with Crippen LogP contribution < -0.4 is 4.74 Å². The standard InChI is InChI=1S/C13H22OS/c1-3-12(2)8-5-4-6-10-14-13-9-7-11-15-13/h7,9,11-12H,3-6,8,10H2,1-2H3. The highest BCUT2D eigenvalue weighted by molar-refractivity contribution is 7.11. The average Bonchev–Trinajstić information content (AvgIpc) is 2.75. The van der Waals surface area contributed by atoms with Crippen molar-refractivity contribution in [2.24, 2.45) is 5.92 Å². The lowest BCUT2D eigenvalue weighted by atomic mass is 10.0. The summed E-state index contributed by atoms with van der Waals surface area (Å²) in [5.41, 5.74) is 0. The first-order valence-electron chi connectivity index (χ1n) is 5.99. The first-order chi connectivity index (χ1) is 7.33. The maximum absolute atomic E-state index is 5.60. The smallest absolute Gasteiger partial charge is 0.173 e. The average molecular weight is 226 g/mol. The number of rotatable bonds is 8. The maximum Gasteiger partial charge on any atom is 0.173 e. The van der Waals surface area contributed by atoms with Crippen molar-refractivity contribution in [3.8, 4) is 5.06 Å². The van der Waals surface area contributed by atoms with Gasteiger partial charge in [0, 0.05) is 0 Å². The van der Waals surface area contributed by atoms with Crippen LogP contribution in [0.25, 0.3) is 0 Å². The second-order valence-electron chi connectivity index (χ2n) is 4.14. The molecule has 0 saturated carbocycles. The Kier molecular flexibility index (Phi) is 6.49. The van der Waals surface area contributed by atoms with Crippen LogP contribution in [0.2, 0.25) is 0 Å². The number of hydrogen-bond donors (Lipinski definition) is 0. The van der Waals surface area contributed by atoms with Crippen LogP contribution in [-0.4, -0.2) is 6.61 Å². The van der Waals surface area contributed by atoms with Gasteiger partial charge in [-0.05, 0) is 29.9 Å². The third-order valence-corrected chi connectivity index (χ3v) is 3.56. The summed E-state index contributed by atoms with van der Waals surface area (Å²) < 4.78 is 5.60. The zero-order valence-electron chi connectivity index (χ0n) is 9.87. The van der Waals surface area contributed by atoms with Gasteiger partial charge in [-0.15, -0.1) is 11.3 Å². The Hall–Kier alpha value is -0.500. The fourth-order valence-electron chi connectivity index (χ4n) is 1.49. The van der Waals surface area contributed by atoms with Gasteiger partial charge in [0.2, 0.25) is 0 Å². The Labute approximate surface area is 97.5 Å². The van der Waals surface area contributed by atoms with E-state index in [4.69, 9.17) is 4.74 Å². The van der Waals surface area contributed by atoms with Gasteiger partial charge in [-0.25, -0.2) is 0 Å². The lowest BCUT2D eigenvalue weighted by molar-refractivity contribution is 0.310. The third kappa shape index (κ3) is 5.83. The van der Waals surface area contributed by atoms with Crippen molar-refractivity contribution in [2.45, 2.75) is 46.0 Å². The fraction of sp³-hybridized carbons (Fsp3) is 0.692. The van der Waals surface area contributed by atoms with Crippen molar-refractivity contribution in [1.82, 2.24) is 0 Å². The predicted octanol–water partition coefficient (Wildman–Crippen LogP) is 4.73. The van der Waals surface area contributed by atoms with Crippen molar-refractivity contribution in [2.75, 3.05) is 6.61 Å². The van der Waals surface area contributed by atoms with E-state index in [-0.39, 0.29) is 0 Å². The molecule has 1 rings (SSSR count). The topological polar surface area (TPSA) is 9.23 Å². The van der Waals surface area contributed by atoms with E-state index in [0.29, 0.717) is 0 Å². The van der Waals surface area contributed by atoms with E-state index in [1.165, 1.54) is 32.1 Å². The Morgan fingerprint density at radius 3 is 2.87 bits per heavy atom. The Balaban J connectivity index is 1.89. The highest BCUT2D eigenvalue weighted by Gasteiger charge is 1.98. The summed E-state index contributed by atoms with van der Waals surface area (Å²) in [4.78, 5) is 0. The summed E-state index contributed by atoms with van der Waals surface area (Å²) in [7, 11) is 0. The number of thiophene rings is 1. The molecule has 0 saturated heterocycles. The van der Waals surface area contributed by atoms with Crippen LogP contribution in [0.4, 0.5) is 0 Å². The van der Waals surface area contributed by atoms with Gasteiger partial charge < -0.3 is 4.74 Å². The van der Waals surface area contributed by atoms with E-state index in [2.05, 4.69) is 19.2 Å². The van der Waals surface area contributed by atoms with Gasteiger partial charge in [0.15, 0.2) is 5.06 Å². The SMILES string of the molecule is CCC(C)CCCCCOc1cccs1. The molecule has 1 aromatic rings. The number of ether oxygens (including phenoxy) is 1. The molecule has 0 radical (unpaired) electrons. The number of hydrogen-bond acceptors (Lipinski definition) is 2. The van der Waals surface area contributed by atoms with E-state index in [0.717, 1.165) is 17.6 Å². The van der Waals surface area contributed by atoms with E-state index in [1.807, 2.05) is 12.1 Å². The Morgan fingerprint density at radius 1 is 1.33 bits per heavy atom. The van der Waals surface area contributed by atoms with Crippen LogP contribution in [0.1, 0.15) is 46.0 Å². The van der Waals surface area contributed by atoms with E-state index in [9.17, 15) is 0 Å². The van der Waals surface area contributed by atoms with Gasteiger partial charge in [0.1, 0.15) is 0 Å². The summed E-state index contributed by atoms with van der Waals surface area (Å²) in [5, 5.41) is 3.11. The molecule has 15 heavy (non-hydrogen) atoms. The molecule has 0 aromatic carbocycles. The summed E-state index contributed by atoms with van der Waals surface area (Å²) in [5.74, 6) is 0.892. The van der Waals surface area contributed by atoms with Crippen LogP contribution in [0.3, 0.4) is 0 Å². The molecule has 0 fully saturated rings. The maximum atomic E-state index is 5.60. The first kappa shape index (κ1) is 12.6. The minimum atomic E-state index is 0.876. The van der Waals surface area contributed by atoms with Gasteiger partial charge in [-0.3, -0.25) is 0 Å². The molecule has 0 amide bonds. The van der Waals surface area contributed by atoms with Crippen LogP contribution in [-0.2, 0) is 0 Å². The monoisotopic (exact) mass is 226 g/mol. The van der Waals surface area contributed by atoms with Crippen molar-refractivity contribution in [3.05, 3.63) is 17.5 Å². The fourth-order valence-corrected chi connectivity index (χ4v) is 2.09. The lowest BCUT2D eigenvalue weighted by Crippen LogP contribution is -1.97. The molecule has 0 bridgehead atoms. The third-order valence-electron chi connectivity index (χ3n) is 2.78. The van der Waals surface area contributed by atoms with Gasteiger partial charge in [0.05, 0.1) is 6.61 Å². The molecule has 1 atom stereocenters.